The Morgan fingerprint density at radius 2 is 1.83 bits per heavy atom. The van der Waals surface area contributed by atoms with Gasteiger partial charge >= 0.3 is 6.18 Å². The van der Waals surface area contributed by atoms with Gasteiger partial charge in [-0.25, -0.2) is 0 Å². The van der Waals surface area contributed by atoms with Crippen LogP contribution in [0.15, 0.2) is 5.16 Å². The number of nitrogens with zero attached hydrogens (tertiary/aromatic N) is 2. The molecule has 24 heavy (non-hydrogen) atoms. The number of hydrogen-bond acceptors (Lipinski definition) is 6. The molecule has 0 amide bonds. The first-order chi connectivity index (χ1) is 11.1. The minimum atomic E-state index is -4.15. The molecular formula is C15H23F3N2O3S. The maximum absolute atomic E-state index is 12.2. The van der Waals surface area contributed by atoms with E-state index >= 15 is 0 Å². The van der Waals surface area contributed by atoms with Crippen LogP contribution in [0.4, 0.5) is 13.2 Å². The van der Waals surface area contributed by atoms with E-state index in [1.165, 1.54) is 0 Å². The zero-order chi connectivity index (χ0) is 18.8. The Morgan fingerprint density at radius 1 is 1.29 bits per heavy atom. The molecule has 0 heterocycles. The number of alkyl halides is 3. The fraction of sp³-hybridized carbons (Fsp3) is 0.867. The Hall–Kier alpha value is -1.30. The van der Waals surface area contributed by atoms with E-state index in [0.29, 0.717) is 0 Å². The molecule has 0 bridgehead atoms. The molecule has 1 fully saturated rings. The van der Waals surface area contributed by atoms with Crippen molar-refractivity contribution in [3.05, 3.63) is 9.93 Å². The third-order valence-electron chi connectivity index (χ3n) is 3.29. The Kier molecular flexibility index (Phi) is 9.97. The van der Waals surface area contributed by atoms with Crippen LogP contribution in [0, 0.1) is 27.2 Å². The SMILES string of the molecule is CC(C)(C)ON=C1CCC(C(C#N)SCCC(F)(F)F)CC1.O=O. The first kappa shape index (κ1) is 22.7. The number of rotatable bonds is 5. The van der Waals surface area contributed by atoms with Gasteiger partial charge in [-0.1, -0.05) is 5.16 Å². The fourth-order valence-electron chi connectivity index (χ4n) is 2.15. The van der Waals surface area contributed by atoms with Crippen molar-refractivity contribution in [3.8, 4) is 6.07 Å². The molecule has 0 N–H and O–H groups in total. The topological polar surface area (TPSA) is 79.5 Å². The van der Waals surface area contributed by atoms with E-state index in [4.69, 9.17) is 14.8 Å². The lowest BCUT2D eigenvalue weighted by atomic mass is 9.86. The monoisotopic (exact) mass is 368 g/mol. The smallest absolute Gasteiger partial charge is 0.389 e. The van der Waals surface area contributed by atoms with Gasteiger partial charge in [-0.05, 0) is 52.4 Å². The lowest BCUT2D eigenvalue weighted by molar-refractivity contribution is -0.129. The van der Waals surface area contributed by atoms with E-state index in [1.54, 1.807) is 0 Å². The lowest BCUT2D eigenvalue weighted by Crippen LogP contribution is -2.24. The Bertz CT molecular complexity index is 435. The van der Waals surface area contributed by atoms with Gasteiger partial charge in [-0.15, -0.1) is 11.8 Å². The first-order valence-electron chi connectivity index (χ1n) is 7.59. The average Bonchev–Trinajstić information content (AvgIpc) is 2.50. The van der Waals surface area contributed by atoms with E-state index in [2.05, 4.69) is 11.2 Å². The van der Waals surface area contributed by atoms with Gasteiger partial charge in [0.1, 0.15) is 5.60 Å². The van der Waals surface area contributed by atoms with Gasteiger partial charge in [0.25, 0.3) is 0 Å². The highest BCUT2D eigenvalue weighted by Gasteiger charge is 2.30. The molecule has 1 aliphatic rings. The summed E-state index contributed by atoms with van der Waals surface area (Å²) < 4.78 is 36.5. The second kappa shape index (κ2) is 10.5. The van der Waals surface area contributed by atoms with Crippen molar-refractivity contribution in [3.63, 3.8) is 0 Å². The Balaban J connectivity index is 0.00000254. The molecule has 0 spiro atoms. The minimum Gasteiger partial charge on any atom is -0.390 e. The van der Waals surface area contributed by atoms with Gasteiger partial charge in [0.15, 0.2) is 0 Å². The molecule has 0 aliphatic heterocycles. The molecule has 0 radical (unpaired) electrons. The van der Waals surface area contributed by atoms with Crippen molar-refractivity contribution < 1.29 is 18.0 Å². The molecule has 1 unspecified atom stereocenters. The molecule has 1 saturated carbocycles. The summed E-state index contributed by atoms with van der Waals surface area (Å²) in [7, 11) is 0. The van der Waals surface area contributed by atoms with E-state index in [1.807, 2.05) is 20.8 Å². The van der Waals surface area contributed by atoms with Crippen molar-refractivity contribution >= 4 is 17.5 Å². The van der Waals surface area contributed by atoms with Gasteiger partial charge in [0.2, 0.25) is 0 Å². The molecule has 1 rings (SSSR count). The summed E-state index contributed by atoms with van der Waals surface area (Å²) in [5, 5.41) is 13.0. The number of halogens is 3. The molecule has 0 aromatic rings. The zero-order valence-electron chi connectivity index (χ0n) is 14.1. The van der Waals surface area contributed by atoms with Crippen molar-refractivity contribution in [2.24, 2.45) is 11.1 Å². The van der Waals surface area contributed by atoms with Crippen molar-refractivity contribution in [1.29, 1.82) is 5.26 Å². The Morgan fingerprint density at radius 3 is 2.25 bits per heavy atom. The molecule has 0 saturated heterocycles. The highest BCUT2D eigenvalue weighted by molar-refractivity contribution is 8.00. The maximum atomic E-state index is 12.2. The van der Waals surface area contributed by atoms with Gasteiger partial charge < -0.3 is 4.84 Å². The van der Waals surface area contributed by atoms with Crippen LogP contribution < -0.4 is 0 Å². The molecule has 0 aromatic heterocycles. The third kappa shape index (κ3) is 10.5. The van der Waals surface area contributed by atoms with E-state index < -0.39 is 12.6 Å². The first-order valence-corrected chi connectivity index (χ1v) is 8.64. The van der Waals surface area contributed by atoms with Crippen LogP contribution in [0.1, 0.15) is 52.9 Å². The fourth-order valence-corrected chi connectivity index (χ4v) is 3.37. The van der Waals surface area contributed by atoms with E-state index in [9.17, 15) is 18.4 Å². The standard InChI is InChI=1S/C15H23F3N2OS.O2/c1-14(2,3)21-20-12-6-4-11(5-7-12)13(10-19)22-9-8-15(16,17)18;1-2/h11,13H,4-9H2,1-3H3;. The van der Waals surface area contributed by atoms with Crippen LogP contribution in [-0.4, -0.2) is 28.5 Å². The van der Waals surface area contributed by atoms with Crippen LogP contribution in [0.25, 0.3) is 0 Å². The summed E-state index contributed by atoms with van der Waals surface area (Å²) in [5.74, 6) is 0.0866. The maximum Gasteiger partial charge on any atom is 0.389 e. The quantitative estimate of drug-likeness (QED) is 0.639. The lowest BCUT2D eigenvalue weighted by Gasteiger charge is -2.27. The van der Waals surface area contributed by atoms with E-state index in [0.717, 1.165) is 43.2 Å². The summed E-state index contributed by atoms with van der Waals surface area (Å²) >= 11 is 1.12. The molecule has 1 aliphatic carbocycles. The summed E-state index contributed by atoms with van der Waals surface area (Å²) in [6.45, 7) is 5.77. The van der Waals surface area contributed by atoms with Gasteiger partial charge in [-0.2, -0.15) is 18.4 Å². The second-order valence-electron chi connectivity index (χ2n) is 6.48. The van der Waals surface area contributed by atoms with Crippen LogP contribution in [-0.2, 0) is 4.84 Å². The van der Waals surface area contributed by atoms with Gasteiger partial charge in [0.05, 0.1) is 23.5 Å². The summed E-state index contributed by atoms with van der Waals surface area (Å²) in [6.07, 6.45) is -1.93. The molecule has 0 aromatic carbocycles. The molecule has 1 atom stereocenters. The van der Waals surface area contributed by atoms with Crippen LogP contribution in [0.2, 0.25) is 0 Å². The van der Waals surface area contributed by atoms with Gasteiger partial charge in [0, 0.05) is 15.7 Å². The average molecular weight is 368 g/mol. The molecule has 9 heteroatoms. The van der Waals surface area contributed by atoms with Crippen LogP contribution in [0.3, 0.4) is 0 Å². The molecule has 5 nitrogen and oxygen atoms in total. The molecular weight excluding hydrogens is 345 g/mol. The van der Waals surface area contributed by atoms with Crippen molar-refractivity contribution in [2.45, 2.75) is 69.9 Å². The Labute approximate surface area is 144 Å². The van der Waals surface area contributed by atoms with Crippen molar-refractivity contribution in [2.75, 3.05) is 5.75 Å². The summed E-state index contributed by atoms with van der Waals surface area (Å²) in [5.41, 5.74) is 0.648. The third-order valence-corrected chi connectivity index (χ3v) is 4.58. The number of hydrogen-bond donors (Lipinski definition) is 0. The van der Waals surface area contributed by atoms with Gasteiger partial charge in [-0.3, -0.25) is 0 Å². The zero-order valence-corrected chi connectivity index (χ0v) is 14.9. The van der Waals surface area contributed by atoms with Crippen LogP contribution >= 0.6 is 11.8 Å². The predicted molar refractivity (Wildman–Crippen MR) is 89.5 cm³/mol. The normalized spacial score (nSPS) is 19.5. The second-order valence-corrected chi connectivity index (χ2v) is 7.73. The number of thioether (sulfide) groups is 1. The summed E-state index contributed by atoms with van der Waals surface area (Å²) in [6, 6.07) is 2.15. The highest BCUT2D eigenvalue weighted by atomic mass is 32.2. The number of nitriles is 1. The molecule has 138 valence electrons. The van der Waals surface area contributed by atoms with E-state index in [-0.39, 0.29) is 22.5 Å². The summed E-state index contributed by atoms with van der Waals surface area (Å²) in [4.78, 5) is 19.4. The minimum absolute atomic E-state index is 0.0493. The predicted octanol–water partition coefficient (Wildman–Crippen LogP) is 4.99. The van der Waals surface area contributed by atoms with Crippen LogP contribution in [0.5, 0.6) is 0 Å². The highest BCUT2D eigenvalue weighted by Crippen LogP contribution is 2.33. The number of oxime groups is 1. The van der Waals surface area contributed by atoms with Crippen molar-refractivity contribution in [1.82, 2.24) is 0 Å². The largest absolute Gasteiger partial charge is 0.390 e.